The lowest BCUT2D eigenvalue weighted by molar-refractivity contribution is 0.553. The summed E-state index contributed by atoms with van der Waals surface area (Å²) in [6, 6.07) is 4.89. The fraction of sp³-hybridized carbons (Fsp3) is 0.357. The summed E-state index contributed by atoms with van der Waals surface area (Å²) in [5.41, 5.74) is 3.29. The van der Waals surface area contributed by atoms with Gasteiger partial charge in [0.2, 0.25) is 0 Å². The number of aryl methyl sites for hydroxylation is 2. The maximum atomic E-state index is 12.9. The molecule has 0 unspecified atom stereocenters. The maximum absolute atomic E-state index is 12.9. The molecule has 4 heteroatoms. The van der Waals surface area contributed by atoms with Gasteiger partial charge in [-0.3, -0.25) is 4.68 Å². The van der Waals surface area contributed by atoms with Crippen LogP contribution in [0.25, 0.3) is 0 Å². The van der Waals surface area contributed by atoms with Gasteiger partial charge in [0.15, 0.2) is 0 Å². The summed E-state index contributed by atoms with van der Waals surface area (Å²) in [6.07, 6.45) is 3.87. The summed E-state index contributed by atoms with van der Waals surface area (Å²) in [6.45, 7) is 6.40. The standard InChI is InChI=1S/C14H18FN3/c1-11-8-17-18(10-11)6-5-16-9-13-3-4-14(15)7-12(13)2/h3-4,7-8,10,16H,5-6,9H2,1-2H3. The van der Waals surface area contributed by atoms with Crippen LogP contribution >= 0.6 is 0 Å². The smallest absolute Gasteiger partial charge is 0.123 e. The number of halogens is 1. The van der Waals surface area contributed by atoms with Crippen molar-refractivity contribution in [1.29, 1.82) is 0 Å². The second-order valence-electron chi connectivity index (χ2n) is 4.53. The molecule has 3 nitrogen and oxygen atoms in total. The zero-order valence-corrected chi connectivity index (χ0v) is 10.8. The molecule has 0 bridgehead atoms. The molecule has 0 aliphatic rings. The van der Waals surface area contributed by atoms with Crippen molar-refractivity contribution in [1.82, 2.24) is 15.1 Å². The van der Waals surface area contributed by atoms with Crippen LogP contribution in [0.3, 0.4) is 0 Å². The monoisotopic (exact) mass is 247 g/mol. The van der Waals surface area contributed by atoms with Crippen LogP contribution in [-0.4, -0.2) is 16.3 Å². The van der Waals surface area contributed by atoms with Gasteiger partial charge in [-0.2, -0.15) is 5.10 Å². The predicted molar refractivity (Wildman–Crippen MR) is 69.8 cm³/mol. The first-order valence-corrected chi connectivity index (χ1v) is 6.10. The first-order chi connectivity index (χ1) is 8.65. The van der Waals surface area contributed by atoms with E-state index in [2.05, 4.69) is 10.4 Å². The van der Waals surface area contributed by atoms with Crippen LogP contribution < -0.4 is 5.32 Å². The van der Waals surface area contributed by atoms with Crippen molar-refractivity contribution in [2.75, 3.05) is 6.54 Å². The molecule has 1 N–H and O–H groups in total. The van der Waals surface area contributed by atoms with E-state index in [4.69, 9.17) is 0 Å². The van der Waals surface area contributed by atoms with Gasteiger partial charge in [-0.05, 0) is 42.7 Å². The Balaban J connectivity index is 1.78. The zero-order chi connectivity index (χ0) is 13.0. The molecule has 0 atom stereocenters. The van der Waals surface area contributed by atoms with Crippen LogP contribution in [0.5, 0.6) is 0 Å². The lowest BCUT2D eigenvalue weighted by Gasteiger charge is -2.08. The van der Waals surface area contributed by atoms with Crippen LogP contribution in [0.2, 0.25) is 0 Å². The lowest BCUT2D eigenvalue weighted by atomic mass is 10.1. The van der Waals surface area contributed by atoms with Gasteiger partial charge in [0, 0.05) is 19.3 Å². The number of benzene rings is 1. The molecule has 18 heavy (non-hydrogen) atoms. The number of nitrogens with zero attached hydrogens (tertiary/aromatic N) is 2. The van der Waals surface area contributed by atoms with Crippen LogP contribution in [0.4, 0.5) is 4.39 Å². The summed E-state index contributed by atoms with van der Waals surface area (Å²) in [4.78, 5) is 0. The third-order valence-corrected chi connectivity index (χ3v) is 2.90. The van der Waals surface area contributed by atoms with Crippen molar-refractivity contribution >= 4 is 0 Å². The molecule has 2 rings (SSSR count). The van der Waals surface area contributed by atoms with E-state index in [0.717, 1.165) is 30.8 Å². The molecule has 96 valence electrons. The predicted octanol–water partition coefficient (Wildman–Crippen LogP) is 2.43. The molecule has 0 saturated heterocycles. The third-order valence-electron chi connectivity index (χ3n) is 2.90. The average Bonchev–Trinajstić information content (AvgIpc) is 2.73. The van der Waals surface area contributed by atoms with E-state index in [9.17, 15) is 4.39 Å². The molecule has 2 aromatic rings. The van der Waals surface area contributed by atoms with E-state index >= 15 is 0 Å². The van der Waals surface area contributed by atoms with E-state index in [1.165, 1.54) is 11.6 Å². The highest BCUT2D eigenvalue weighted by molar-refractivity contribution is 5.26. The molecule has 0 aliphatic carbocycles. The van der Waals surface area contributed by atoms with Crippen molar-refractivity contribution in [2.45, 2.75) is 26.9 Å². The fourth-order valence-electron chi connectivity index (χ4n) is 1.86. The maximum Gasteiger partial charge on any atom is 0.123 e. The molecule has 0 aliphatic heterocycles. The molecular formula is C14H18FN3. The third kappa shape index (κ3) is 3.40. The second kappa shape index (κ2) is 5.78. The van der Waals surface area contributed by atoms with Gasteiger partial charge < -0.3 is 5.32 Å². The molecule has 0 fully saturated rings. The summed E-state index contributed by atoms with van der Waals surface area (Å²) >= 11 is 0. The van der Waals surface area contributed by atoms with Crippen molar-refractivity contribution in [3.05, 3.63) is 53.1 Å². The average molecular weight is 247 g/mol. The highest BCUT2D eigenvalue weighted by Crippen LogP contribution is 2.09. The van der Waals surface area contributed by atoms with Crippen molar-refractivity contribution in [3.8, 4) is 0 Å². The summed E-state index contributed by atoms with van der Waals surface area (Å²) in [7, 11) is 0. The molecule has 0 amide bonds. The number of rotatable bonds is 5. The Morgan fingerprint density at radius 3 is 2.83 bits per heavy atom. The number of hydrogen-bond acceptors (Lipinski definition) is 2. The van der Waals surface area contributed by atoms with E-state index < -0.39 is 0 Å². The van der Waals surface area contributed by atoms with Gasteiger partial charge in [0.05, 0.1) is 12.7 Å². The Kier molecular flexibility index (Phi) is 4.10. The number of nitrogens with one attached hydrogen (secondary N) is 1. The van der Waals surface area contributed by atoms with Crippen LogP contribution in [0, 0.1) is 19.7 Å². The molecule has 0 spiro atoms. The summed E-state index contributed by atoms with van der Waals surface area (Å²) < 4.78 is 14.8. The van der Waals surface area contributed by atoms with Gasteiger partial charge in [0.1, 0.15) is 5.82 Å². The zero-order valence-electron chi connectivity index (χ0n) is 10.8. The Labute approximate surface area is 107 Å². The molecule has 0 saturated carbocycles. The van der Waals surface area contributed by atoms with Gasteiger partial charge >= 0.3 is 0 Å². The number of aromatic nitrogens is 2. The second-order valence-corrected chi connectivity index (χ2v) is 4.53. The Morgan fingerprint density at radius 2 is 2.17 bits per heavy atom. The Bertz CT molecular complexity index is 520. The topological polar surface area (TPSA) is 29.9 Å². The fourth-order valence-corrected chi connectivity index (χ4v) is 1.86. The highest BCUT2D eigenvalue weighted by atomic mass is 19.1. The van der Waals surface area contributed by atoms with Gasteiger partial charge in [-0.25, -0.2) is 4.39 Å². The number of hydrogen-bond donors (Lipinski definition) is 1. The molecule has 1 aromatic carbocycles. The minimum Gasteiger partial charge on any atom is -0.311 e. The van der Waals surface area contributed by atoms with Crippen molar-refractivity contribution in [2.24, 2.45) is 0 Å². The van der Waals surface area contributed by atoms with Gasteiger partial charge in [-0.1, -0.05) is 6.07 Å². The summed E-state index contributed by atoms with van der Waals surface area (Å²) in [5.74, 6) is -0.178. The van der Waals surface area contributed by atoms with E-state index in [1.54, 1.807) is 6.07 Å². The quantitative estimate of drug-likeness (QED) is 0.822. The van der Waals surface area contributed by atoms with E-state index in [1.807, 2.05) is 37.0 Å². The van der Waals surface area contributed by atoms with E-state index in [-0.39, 0.29) is 5.82 Å². The lowest BCUT2D eigenvalue weighted by Crippen LogP contribution is -2.20. The Morgan fingerprint density at radius 1 is 1.33 bits per heavy atom. The van der Waals surface area contributed by atoms with Crippen molar-refractivity contribution < 1.29 is 4.39 Å². The highest BCUT2D eigenvalue weighted by Gasteiger charge is 2.00. The molecule has 1 heterocycles. The van der Waals surface area contributed by atoms with Gasteiger partial charge in [0.25, 0.3) is 0 Å². The molecular weight excluding hydrogens is 229 g/mol. The van der Waals surface area contributed by atoms with Crippen LogP contribution in [0.15, 0.2) is 30.6 Å². The van der Waals surface area contributed by atoms with E-state index in [0.29, 0.717) is 0 Å². The first kappa shape index (κ1) is 12.8. The normalized spacial score (nSPS) is 10.8. The Hall–Kier alpha value is -1.68. The molecule has 0 radical (unpaired) electrons. The van der Waals surface area contributed by atoms with Crippen molar-refractivity contribution in [3.63, 3.8) is 0 Å². The minimum atomic E-state index is -0.178. The molecule has 1 aromatic heterocycles. The SMILES string of the molecule is Cc1cnn(CCNCc2ccc(F)cc2C)c1. The largest absolute Gasteiger partial charge is 0.311 e. The van der Waals surface area contributed by atoms with Gasteiger partial charge in [-0.15, -0.1) is 0 Å². The van der Waals surface area contributed by atoms with Crippen LogP contribution in [0.1, 0.15) is 16.7 Å². The first-order valence-electron chi connectivity index (χ1n) is 6.10. The van der Waals surface area contributed by atoms with Crippen LogP contribution in [-0.2, 0) is 13.1 Å². The summed E-state index contributed by atoms with van der Waals surface area (Å²) in [5, 5.41) is 7.55. The minimum absolute atomic E-state index is 0.178.